The van der Waals surface area contributed by atoms with Gasteiger partial charge in [-0.3, -0.25) is 14.3 Å². The lowest BCUT2D eigenvalue weighted by Gasteiger charge is -2.46. The van der Waals surface area contributed by atoms with Gasteiger partial charge in [0.05, 0.1) is 11.0 Å². The second kappa shape index (κ2) is 8.73. The van der Waals surface area contributed by atoms with E-state index in [-0.39, 0.29) is 6.04 Å². The number of benzene rings is 1. The van der Waals surface area contributed by atoms with E-state index in [0.717, 1.165) is 55.0 Å². The van der Waals surface area contributed by atoms with Crippen LogP contribution in [-0.2, 0) is 4.57 Å². The first kappa shape index (κ1) is 24.3. The van der Waals surface area contributed by atoms with Gasteiger partial charge in [-0.2, -0.15) is 0 Å². The Labute approximate surface area is 224 Å². The van der Waals surface area contributed by atoms with E-state index in [2.05, 4.69) is 9.88 Å². The molecule has 2 aromatic rings. The molecule has 38 heavy (non-hydrogen) atoms. The maximum Gasteiger partial charge on any atom is 0.380 e. The van der Waals surface area contributed by atoms with Crippen LogP contribution in [0.4, 0.5) is 0 Å². The van der Waals surface area contributed by atoms with Gasteiger partial charge in [-0.1, -0.05) is 12.1 Å². The fourth-order valence-electron chi connectivity index (χ4n) is 10.8. The Morgan fingerprint density at radius 3 is 2.18 bits per heavy atom. The van der Waals surface area contributed by atoms with Crippen molar-refractivity contribution >= 4 is 24.1 Å². The largest absolute Gasteiger partial charge is 0.380 e. The molecule has 7 fully saturated rings. The maximum absolute atomic E-state index is 13.6. The van der Waals surface area contributed by atoms with Gasteiger partial charge in [0.1, 0.15) is 0 Å². The van der Waals surface area contributed by atoms with Crippen LogP contribution < -0.4 is 11.0 Å². The third-order valence-electron chi connectivity index (χ3n) is 11.8. The number of rotatable bonds is 3. The molecule has 10 atom stereocenters. The first-order chi connectivity index (χ1) is 18.3. The average Bonchev–Trinajstić information content (AvgIpc) is 3.26. The van der Waals surface area contributed by atoms with Crippen molar-refractivity contribution in [2.24, 2.45) is 41.4 Å². The Balaban J connectivity index is 1.15. The van der Waals surface area contributed by atoms with Gasteiger partial charge in [0.2, 0.25) is 5.44 Å². The summed E-state index contributed by atoms with van der Waals surface area (Å²) in [7, 11) is -4.78. The van der Waals surface area contributed by atoms with Crippen molar-refractivity contribution in [3.8, 4) is 0 Å². The summed E-state index contributed by atoms with van der Waals surface area (Å²) in [6.07, 6.45) is 14.3. The SMILES string of the molecule is O=c1c(P(=O)(O)O)nc2ccccc2n1[C@H]1C[C@@H]2CC3CC([C@H](C3)C1)N([C@H]1CC3CC4CC(C3)[C@H](C4)C1)C2. The highest BCUT2D eigenvalue weighted by atomic mass is 31.2. The lowest BCUT2D eigenvalue weighted by Crippen LogP contribution is -2.50. The first-order valence-electron chi connectivity index (χ1n) is 15.1. The molecule has 7 bridgehead atoms. The number of nitrogens with zero attached hydrogens (tertiary/aromatic N) is 3. The number of hydrogen-bond donors (Lipinski definition) is 2. The third-order valence-corrected chi connectivity index (χ3v) is 12.6. The van der Waals surface area contributed by atoms with Crippen molar-refractivity contribution in [1.82, 2.24) is 14.5 Å². The summed E-state index contributed by atoms with van der Waals surface area (Å²) in [4.78, 5) is 40.7. The Morgan fingerprint density at radius 1 is 0.737 bits per heavy atom. The summed E-state index contributed by atoms with van der Waals surface area (Å²) in [5, 5.41) is 0. The molecule has 3 heterocycles. The standard InChI is InChI=1S/C30H40N3O4P/c34-30-29(38(35,36)37)31-26-3-1-2-4-27(26)33(30)25-12-20-6-19-10-23(15-25)28(13-19)32(16-20)24-11-18-5-17-7-21(9-18)22(8-17)14-24/h1-4,17-25,28H,5-16H2,(H2,35,36,37)/t17?,18?,19?,20-,21?,22+,23+,24-,25-,28?/m0/s1. The molecule has 0 radical (unpaired) electrons. The minimum absolute atomic E-state index is 0.0415. The van der Waals surface area contributed by atoms with Crippen LogP contribution in [0.1, 0.15) is 76.7 Å². The summed E-state index contributed by atoms with van der Waals surface area (Å²) < 4.78 is 14.0. The molecule has 1 aromatic heterocycles. The molecule has 7 nitrogen and oxygen atoms in total. The van der Waals surface area contributed by atoms with E-state index in [1.165, 1.54) is 57.8 Å². The van der Waals surface area contributed by atoms with E-state index in [0.29, 0.717) is 28.9 Å². The fourth-order valence-corrected chi connectivity index (χ4v) is 11.4. The highest BCUT2D eigenvalue weighted by molar-refractivity contribution is 7.59. The predicted molar refractivity (Wildman–Crippen MR) is 146 cm³/mol. The molecule has 7 aliphatic rings. The summed E-state index contributed by atoms with van der Waals surface area (Å²) in [5.74, 6) is 5.72. The molecular formula is C30H40N3O4P. The Hall–Kier alpha value is -1.53. The molecular weight excluding hydrogens is 497 g/mol. The minimum Gasteiger partial charge on any atom is -0.320 e. The molecule has 2 saturated heterocycles. The van der Waals surface area contributed by atoms with Gasteiger partial charge in [-0.05, 0) is 124 Å². The van der Waals surface area contributed by atoms with Crippen molar-refractivity contribution in [1.29, 1.82) is 0 Å². The van der Waals surface area contributed by atoms with E-state index < -0.39 is 18.6 Å². The quantitative estimate of drug-likeness (QED) is 0.561. The Bertz CT molecular complexity index is 1370. The third kappa shape index (κ3) is 3.90. The first-order valence-corrected chi connectivity index (χ1v) is 16.7. The van der Waals surface area contributed by atoms with E-state index in [1.54, 1.807) is 10.6 Å². The highest BCUT2D eigenvalue weighted by Crippen LogP contribution is 2.56. The number of fused-ring (bicyclic) bond motifs is 6. The molecule has 5 unspecified atom stereocenters. The molecule has 2 N–H and O–H groups in total. The van der Waals surface area contributed by atoms with Gasteiger partial charge in [0.15, 0.2) is 0 Å². The van der Waals surface area contributed by atoms with Crippen LogP contribution in [-0.4, -0.2) is 42.9 Å². The molecule has 0 amide bonds. The van der Waals surface area contributed by atoms with Gasteiger partial charge in [0, 0.05) is 24.7 Å². The molecule has 5 aliphatic carbocycles. The zero-order chi connectivity index (χ0) is 25.8. The summed E-state index contributed by atoms with van der Waals surface area (Å²) in [5.41, 5.74) is 0.00302. The van der Waals surface area contributed by atoms with Crippen molar-refractivity contribution in [3.05, 3.63) is 34.6 Å². The van der Waals surface area contributed by atoms with Gasteiger partial charge in [-0.25, -0.2) is 4.98 Å². The smallest absolute Gasteiger partial charge is 0.320 e. The molecule has 204 valence electrons. The van der Waals surface area contributed by atoms with E-state index in [9.17, 15) is 19.1 Å². The normalized spacial score (nSPS) is 42.4. The van der Waals surface area contributed by atoms with E-state index in [1.807, 2.05) is 18.2 Å². The molecule has 1 aromatic carbocycles. The van der Waals surface area contributed by atoms with Crippen LogP contribution in [0.25, 0.3) is 11.0 Å². The molecule has 5 saturated carbocycles. The molecule has 2 aliphatic heterocycles. The van der Waals surface area contributed by atoms with Crippen LogP contribution in [0.3, 0.4) is 0 Å². The van der Waals surface area contributed by atoms with Crippen molar-refractivity contribution in [2.75, 3.05) is 6.54 Å². The van der Waals surface area contributed by atoms with Crippen molar-refractivity contribution < 1.29 is 14.4 Å². The average molecular weight is 538 g/mol. The topological polar surface area (TPSA) is 95.7 Å². The summed E-state index contributed by atoms with van der Waals surface area (Å²) in [6.45, 7) is 1.13. The molecule has 9 rings (SSSR count). The van der Waals surface area contributed by atoms with Gasteiger partial charge >= 0.3 is 7.60 Å². The number of para-hydroxylation sites is 2. The van der Waals surface area contributed by atoms with E-state index in [4.69, 9.17) is 0 Å². The van der Waals surface area contributed by atoms with Gasteiger partial charge in [0.25, 0.3) is 5.56 Å². The minimum atomic E-state index is -4.78. The molecule has 0 spiro atoms. The van der Waals surface area contributed by atoms with Crippen LogP contribution in [0, 0.1) is 41.4 Å². The van der Waals surface area contributed by atoms with Crippen LogP contribution in [0.2, 0.25) is 0 Å². The predicted octanol–water partition coefficient (Wildman–Crippen LogP) is 4.47. The van der Waals surface area contributed by atoms with Gasteiger partial charge < -0.3 is 14.4 Å². The highest BCUT2D eigenvalue weighted by Gasteiger charge is 2.51. The maximum atomic E-state index is 13.6. The van der Waals surface area contributed by atoms with Gasteiger partial charge in [-0.15, -0.1) is 0 Å². The zero-order valence-corrected chi connectivity index (χ0v) is 23.0. The fraction of sp³-hybridized carbons (Fsp3) is 0.733. The zero-order valence-electron chi connectivity index (χ0n) is 22.1. The van der Waals surface area contributed by atoms with Crippen LogP contribution >= 0.6 is 7.60 Å². The second-order valence-corrected chi connectivity index (χ2v) is 15.6. The lowest BCUT2D eigenvalue weighted by molar-refractivity contribution is 0.0343. The number of hydrogen-bond acceptors (Lipinski definition) is 4. The summed E-state index contributed by atoms with van der Waals surface area (Å²) >= 11 is 0. The van der Waals surface area contributed by atoms with Crippen molar-refractivity contribution in [2.45, 2.75) is 88.8 Å². The Morgan fingerprint density at radius 2 is 1.37 bits per heavy atom. The van der Waals surface area contributed by atoms with E-state index >= 15 is 0 Å². The molecule has 8 heteroatoms. The van der Waals surface area contributed by atoms with Crippen LogP contribution in [0.5, 0.6) is 0 Å². The van der Waals surface area contributed by atoms with Crippen molar-refractivity contribution in [3.63, 3.8) is 0 Å². The monoisotopic (exact) mass is 537 g/mol. The summed E-state index contributed by atoms with van der Waals surface area (Å²) in [6, 6.07) is 8.65. The van der Waals surface area contributed by atoms with Crippen LogP contribution in [0.15, 0.2) is 29.1 Å². The second-order valence-electron chi connectivity index (χ2n) is 14.1. The Kier molecular flexibility index (Phi) is 5.58. The lowest BCUT2D eigenvalue weighted by atomic mass is 9.77. The number of aromatic nitrogens is 2.